The molecule has 0 saturated carbocycles. The molecule has 0 spiro atoms. The third-order valence-electron chi connectivity index (χ3n) is 2.12. The van der Waals surface area contributed by atoms with E-state index in [-0.39, 0.29) is 5.69 Å². The Morgan fingerprint density at radius 1 is 1.47 bits per heavy atom. The minimum absolute atomic E-state index is 0.241. The summed E-state index contributed by atoms with van der Waals surface area (Å²) in [7, 11) is 0. The Hall–Kier alpha value is -2.13. The van der Waals surface area contributed by atoms with E-state index in [0.717, 1.165) is 10.7 Å². The topological polar surface area (TPSA) is 87.6 Å². The third-order valence-corrected chi connectivity index (χ3v) is 3.09. The van der Waals surface area contributed by atoms with E-state index < -0.39 is 0 Å². The third kappa shape index (κ3) is 2.71. The number of aromatic nitrogens is 2. The molecule has 17 heavy (non-hydrogen) atoms. The van der Waals surface area contributed by atoms with Crippen molar-refractivity contribution in [2.45, 2.75) is 13.5 Å². The van der Waals surface area contributed by atoms with E-state index in [1.165, 1.54) is 0 Å². The first-order valence-corrected chi connectivity index (χ1v) is 5.88. The first-order chi connectivity index (χ1) is 8.19. The Balaban J connectivity index is 2.07. The van der Waals surface area contributed by atoms with E-state index in [4.69, 9.17) is 11.0 Å². The number of nitrogens with two attached hydrogens (primary N) is 1. The number of hydrogen-bond acceptors (Lipinski definition) is 6. The lowest BCUT2D eigenvalue weighted by atomic mass is 10.3. The Morgan fingerprint density at radius 3 is 2.94 bits per heavy atom. The standard InChI is InChI=1S/C11H11N5S/c1-7-6-17-11(15-7)5-14-10-3-2-8(13)9(4-12)16-10/h2-3,6H,5,13H2,1H3,(H,14,16). The Bertz CT molecular complexity index is 569. The summed E-state index contributed by atoms with van der Waals surface area (Å²) in [5.74, 6) is 0.628. The number of thiazole rings is 1. The maximum absolute atomic E-state index is 8.80. The molecule has 5 nitrogen and oxygen atoms in total. The van der Waals surface area contributed by atoms with Crippen LogP contribution in [-0.4, -0.2) is 9.97 Å². The van der Waals surface area contributed by atoms with E-state index in [1.54, 1.807) is 23.5 Å². The summed E-state index contributed by atoms with van der Waals surface area (Å²) in [5, 5.41) is 14.9. The summed E-state index contributed by atoms with van der Waals surface area (Å²) in [5.41, 5.74) is 7.23. The quantitative estimate of drug-likeness (QED) is 0.862. The fraction of sp³-hybridized carbons (Fsp3) is 0.182. The van der Waals surface area contributed by atoms with Gasteiger partial charge in [-0.3, -0.25) is 0 Å². The maximum atomic E-state index is 8.80. The van der Waals surface area contributed by atoms with E-state index in [9.17, 15) is 0 Å². The van der Waals surface area contributed by atoms with Gasteiger partial charge in [-0.1, -0.05) is 0 Å². The van der Waals surface area contributed by atoms with Crippen molar-refractivity contribution >= 4 is 22.8 Å². The predicted molar refractivity (Wildman–Crippen MR) is 67.5 cm³/mol. The zero-order chi connectivity index (χ0) is 12.3. The molecule has 6 heteroatoms. The molecular formula is C11H11N5S. The number of rotatable bonds is 3. The number of hydrogen-bond donors (Lipinski definition) is 2. The van der Waals surface area contributed by atoms with Crippen molar-refractivity contribution in [1.82, 2.24) is 9.97 Å². The van der Waals surface area contributed by atoms with Gasteiger partial charge in [0.15, 0.2) is 5.69 Å². The van der Waals surface area contributed by atoms with Crippen LogP contribution in [0.5, 0.6) is 0 Å². The van der Waals surface area contributed by atoms with Gasteiger partial charge in [0.1, 0.15) is 16.9 Å². The zero-order valence-electron chi connectivity index (χ0n) is 9.27. The number of aryl methyl sites for hydroxylation is 1. The average Bonchev–Trinajstić information content (AvgIpc) is 2.74. The van der Waals surface area contributed by atoms with Crippen molar-refractivity contribution in [3.8, 4) is 6.07 Å². The van der Waals surface area contributed by atoms with Gasteiger partial charge in [0.2, 0.25) is 0 Å². The molecule has 0 amide bonds. The molecule has 0 aliphatic heterocycles. The molecule has 2 aromatic rings. The Morgan fingerprint density at radius 2 is 2.29 bits per heavy atom. The first-order valence-electron chi connectivity index (χ1n) is 5.00. The highest BCUT2D eigenvalue weighted by Crippen LogP contribution is 2.14. The summed E-state index contributed by atoms with van der Waals surface area (Å²) < 4.78 is 0. The van der Waals surface area contributed by atoms with Gasteiger partial charge in [-0.2, -0.15) is 5.26 Å². The van der Waals surface area contributed by atoms with E-state index in [2.05, 4.69) is 15.3 Å². The van der Waals surface area contributed by atoms with Crippen LogP contribution in [0, 0.1) is 18.3 Å². The minimum Gasteiger partial charge on any atom is -0.396 e. The Kier molecular flexibility index (Phi) is 3.21. The fourth-order valence-electron chi connectivity index (χ4n) is 1.31. The molecule has 2 aromatic heterocycles. The van der Waals surface area contributed by atoms with Gasteiger partial charge in [-0.25, -0.2) is 9.97 Å². The van der Waals surface area contributed by atoms with Gasteiger partial charge >= 0.3 is 0 Å². The number of nitrogens with one attached hydrogen (secondary N) is 1. The molecule has 0 fully saturated rings. The summed E-state index contributed by atoms with van der Waals surface area (Å²) in [6.45, 7) is 2.55. The lowest BCUT2D eigenvalue weighted by Crippen LogP contribution is -2.03. The number of anilines is 2. The van der Waals surface area contributed by atoms with Gasteiger partial charge in [0.25, 0.3) is 0 Å². The summed E-state index contributed by atoms with van der Waals surface area (Å²) in [4.78, 5) is 8.42. The second-order valence-corrected chi connectivity index (χ2v) is 4.42. The largest absolute Gasteiger partial charge is 0.396 e. The van der Waals surface area contributed by atoms with Crippen LogP contribution in [0.25, 0.3) is 0 Å². The number of nitrogens with zero attached hydrogens (tertiary/aromatic N) is 3. The summed E-state index contributed by atoms with van der Waals surface area (Å²) >= 11 is 1.59. The van der Waals surface area contributed by atoms with Crippen LogP contribution >= 0.6 is 11.3 Å². The fourth-order valence-corrected chi connectivity index (χ4v) is 2.02. The molecule has 0 radical (unpaired) electrons. The summed E-state index contributed by atoms with van der Waals surface area (Å²) in [6.07, 6.45) is 0. The van der Waals surface area contributed by atoms with Gasteiger partial charge < -0.3 is 11.1 Å². The maximum Gasteiger partial charge on any atom is 0.165 e. The highest BCUT2D eigenvalue weighted by atomic mass is 32.1. The molecule has 0 bridgehead atoms. The molecule has 2 heterocycles. The monoisotopic (exact) mass is 245 g/mol. The number of nitrogen functional groups attached to an aromatic ring is 1. The van der Waals surface area contributed by atoms with Crippen molar-refractivity contribution in [3.05, 3.63) is 33.9 Å². The van der Waals surface area contributed by atoms with Crippen LogP contribution in [0.1, 0.15) is 16.4 Å². The highest BCUT2D eigenvalue weighted by molar-refractivity contribution is 7.09. The van der Waals surface area contributed by atoms with E-state index >= 15 is 0 Å². The van der Waals surface area contributed by atoms with Crippen molar-refractivity contribution in [2.75, 3.05) is 11.1 Å². The molecule has 0 aliphatic carbocycles. The molecule has 0 aromatic carbocycles. The van der Waals surface area contributed by atoms with E-state index in [0.29, 0.717) is 18.1 Å². The SMILES string of the molecule is Cc1csc(CNc2ccc(N)c(C#N)n2)n1. The average molecular weight is 245 g/mol. The van der Waals surface area contributed by atoms with Crippen molar-refractivity contribution < 1.29 is 0 Å². The minimum atomic E-state index is 0.241. The van der Waals surface area contributed by atoms with Gasteiger partial charge in [-0.05, 0) is 19.1 Å². The molecule has 0 aliphatic rings. The molecule has 86 valence electrons. The van der Waals surface area contributed by atoms with Crippen molar-refractivity contribution in [1.29, 1.82) is 5.26 Å². The summed E-state index contributed by atoms with van der Waals surface area (Å²) in [6, 6.07) is 5.36. The smallest absolute Gasteiger partial charge is 0.165 e. The lowest BCUT2D eigenvalue weighted by Gasteiger charge is -2.04. The second-order valence-electron chi connectivity index (χ2n) is 3.48. The van der Waals surface area contributed by atoms with E-state index in [1.807, 2.05) is 18.4 Å². The van der Waals surface area contributed by atoms with Gasteiger partial charge in [0.05, 0.1) is 12.2 Å². The number of pyridine rings is 1. The van der Waals surface area contributed by atoms with Crippen molar-refractivity contribution in [2.24, 2.45) is 0 Å². The highest BCUT2D eigenvalue weighted by Gasteiger charge is 2.03. The molecular weight excluding hydrogens is 234 g/mol. The zero-order valence-corrected chi connectivity index (χ0v) is 10.1. The Labute approximate surface area is 103 Å². The van der Waals surface area contributed by atoms with Crippen molar-refractivity contribution in [3.63, 3.8) is 0 Å². The molecule has 0 atom stereocenters. The molecule has 0 saturated heterocycles. The van der Waals surface area contributed by atoms with Crippen LogP contribution in [0.2, 0.25) is 0 Å². The predicted octanol–water partition coefficient (Wildman–Crippen LogP) is 1.91. The van der Waals surface area contributed by atoms with Crippen LogP contribution < -0.4 is 11.1 Å². The first kappa shape index (κ1) is 11.4. The number of nitriles is 1. The van der Waals surface area contributed by atoms with Crippen LogP contribution in [0.4, 0.5) is 11.5 Å². The normalized spacial score (nSPS) is 9.88. The second kappa shape index (κ2) is 4.80. The molecule has 3 N–H and O–H groups in total. The molecule has 0 unspecified atom stereocenters. The molecule has 2 rings (SSSR count). The van der Waals surface area contributed by atoms with Gasteiger partial charge in [0, 0.05) is 11.1 Å². The van der Waals surface area contributed by atoms with Crippen LogP contribution in [0.3, 0.4) is 0 Å². The van der Waals surface area contributed by atoms with Crippen LogP contribution in [-0.2, 0) is 6.54 Å². The lowest BCUT2D eigenvalue weighted by molar-refractivity contribution is 1.05. The van der Waals surface area contributed by atoms with Crippen LogP contribution in [0.15, 0.2) is 17.5 Å². The van der Waals surface area contributed by atoms with Gasteiger partial charge in [-0.15, -0.1) is 11.3 Å².